The summed E-state index contributed by atoms with van der Waals surface area (Å²) in [5.74, 6) is 0.512. The second kappa shape index (κ2) is 7.77. The summed E-state index contributed by atoms with van der Waals surface area (Å²) < 4.78 is 15.9. The van der Waals surface area contributed by atoms with Crippen molar-refractivity contribution >= 4 is 11.8 Å². The van der Waals surface area contributed by atoms with Crippen LogP contribution in [-0.4, -0.2) is 36.9 Å². The molecule has 1 atom stereocenters. The number of amides is 2. The summed E-state index contributed by atoms with van der Waals surface area (Å²) in [5, 5.41) is 15.3. The van der Waals surface area contributed by atoms with Crippen molar-refractivity contribution in [3.05, 3.63) is 53.1 Å². The van der Waals surface area contributed by atoms with Gasteiger partial charge >= 0.3 is 11.8 Å². The maximum absolute atomic E-state index is 12.0. The lowest BCUT2D eigenvalue weighted by molar-refractivity contribution is -0.139. The summed E-state index contributed by atoms with van der Waals surface area (Å²) in [6.07, 6.45) is -0.110. The van der Waals surface area contributed by atoms with E-state index in [0.29, 0.717) is 23.7 Å². The fraction of sp³-hybridized carbons (Fsp3) is 0.300. The van der Waals surface area contributed by atoms with Gasteiger partial charge in [-0.05, 0) is 41.0 Å². The Morgan fingerprint density at radius 1 is 0.964 bits per heavy atom. The molecule has 0 saturated carbocycles. The molecule has 8 heteroatoms. The second-order valence-corrected chi connectivity index (χ2v) is 6.56. The summed E-state index contributed by atoms with van der Waals surface area (Å²) in [5.41, 5.74) is 2.49. The fourth-order valence-electron chi connectivity index (χ4n) is 3.11. The molecular weight excluding hydrogens is 364 g/mol. The molecule has 0 unspecified atom stereocenters. The standard InChI is InChI=1S/C20H20N2O6/c23-15(13-2-4-16-14(8-13)5-6-26-16)10-22-20(25)19(24)21-9-12-1-3-17-18(7-12)28-11-27-17/h1-4,7-8,15,23H,5-6,9-11H2,(H,21,24)(H,22,25)/t15-/m0/s1. The quantitative estimate of drug-likeness (QED) is 0.659. The minimum Gasteiger partial charge on any atom is -0.493 e. The zero-order chi connectivity index (χ0) is 19.5. The zero-order valence-corrected chi connectivity index (χ0v) is 15.1. The van der Waals surface area contributed by atoms with Crippen LogP contribution in [0.25, 0.3) is 0 Å². The van der Waals surface area contributed by atoms with Gasteiger partial charge in [-0.2, -0.15) is 0 Å². The molecule has 0 aromatic heterocycles. The van der Waals surface area contributed by atoms with Gasteiger partial charge in [-0.1, -0.05) is 12.1 Å². The van der Waals surface area contributed by atoms with E-state index in [1.54, 1.807) is 30.3 Å². The van der Waals surface area contributed by atoms with E-state index in [1.807, 2.05) is 6.07 Å². The summed E-state index contributed by atoms with van der Waals surface area (Å²) in [6.45, 7) is 0.925. The summed E-state index contributed by atoms with van der Waals surface area (Å²) in [4.78, 5) is 24.0. The average molecular weight is 384 g/mol. The van der Waals surface area contributed by atoms with Crippen molar-refractivity contribution in [2.45, 2.75) is 19.1 Å². The number of nitrogens with one attached hydrogen (secondary N) is 2. The van der Waals surface area contributed by atoms with Crippen molar-refractivity contribution in [1.29, 1.82) is 0 Å². The van der Waals surface area contributed by atoms with Gasteiger partial charge in [-0.25, -0.2) is 0 Å². The first-order valence-electron chi connectivity index (χ1n) is 8.98. The Morgan fingerprint density at radius 2 is 1.75 bits per heavy atom. The number of carbonyl (C=O) groups is 2. The average Bonchev–Trinajstić information content (AvgIpc) is 3.37. The fourth-order valence-corrected chi connectivity index (χ4v) is 3.11. The van der Waals surface area contributed by atoms with Crippen LogP contribution in [0.4, 0.5) is 0 Å². The van der Waals surface area contributed by atoms with Crippen LogP contribution in [0.15, 0.2) is 36.4 Å². The van der Waals surface area contributed by atoms with E-state index in [2.05, 4.69) is 10.6 Å². The van der Waals surface area contributed by atoms with E-state index in [-0.39, 0.29) is 19.9 Å². The third-order valence-corrected chi connectivity index (χ3v) is 4.65. The number of benzene rings is 2. The van der Waals surface area contributed by atoms with Gasteiger partial charge in [-0.3, -0.25) is 9.59 Å². The Labute approximate surface area is 161 Å². The van der Waals surface area contributed by atoms with Crippen LogP contribution in [0.1, 0.15) is 22.8 Å². The van der Waals surface area contributed by atoms with E-state index in [9.17, 15) is 14.7 Å². The molecule has 2 heterocycles. The van der Waals surface area contributed by atoms with Gasteiger partial charge < -0.3 is 30.0 Å². The second-order valence-electron chi connectivity index (χ2n) is 6.56. The Hall–Kier alpha value is -3.26. The minimum atomic E-state index is -0.906. The van der Waals surface area contributed by atoms with Crippen LogP contribution in [0, 0.1) is 0 Å². The highest BCUT2D eigenvalue weighted by Gasteiger charge is 2.19. The molecule has 2 aliphatic heterocycles. The van der Waals surface area contributed by atoms with Crippen LogP contribution in [-0.2, 0) is 22.6 Å². The van der Waals surface area contributed by atoms with Gasteiger partial charge in [0.2, 0.25) is 6.79 Å². The van der Waals surface area contributed by atoms with E-state index < -0.39 is 17.9 Å². The number of aliphatic hydroxyl groups is 1. The SMILES string of the molecule is O=C(NCc1ccc2c(c1)OCO2)C(=O)NC[C@H](O)c1ccc2c(c1)CCO2. The molecule has 2 amide bonds. The number of hydrogen-bond acceptors (Lipinski definition) is 6. The highest BCUT2D eigenvalue weighted by Crippen LogP contribution is 2.32. The maximum Gasteiger partial charge on any atom is 0.309 e. The predicted molar refractivity (Wildman–Crippen MR) is 98.0 cm³/mol. The van der Waals surface area contributed by atoms with E-state index in [1.165, 1.54) is 0 Å². The minimum absolute atomic E-state index is 0.0596. The number of rotatable bonds is 5. The number of hydrogen-bond donors (Lipinski definition) is 3. The lowest BCUT2D eigenvalue weighted by atomic mass is 10.0. The van der Waals surface area contributed by atoms with Gasteiger partial charge in [0, 0.05) is 19.5 Å². The van der Waals surface area contributed by atoms with Gasteiger partial charge in [0.25, 0.3) is 0 Å². The molecule has 3 N–H and O–H groups in total. The van der Waals surface area contributed by atoms with Gasteiger partial charge in [0.1, 0.15) is 5.75 Å². The molecule has 0 radical (unpaired) electrons. The maximum atomic E-state index is 12.0. The summed E-state index contributed by atoms with van der Waals surface area (Å²) in [6, 6.07) is 10.7. The molecule has 2 aromatic carbocycles. The van der Waals surface area contributed by atoms with Gasteiger partial charge in [0.15, 0.2) is 11.5 Å². The van der Waals surface area contributed by atoms with Crippen LogP contribution in [0.5, 0.6) is 17.2 Å². The highest BCUT2D eigenvalue weighted by atomic mass is 16.7. The molecule has 0 bridgehead atoms. The molecule has 4 rings (SSSR count). The van der Waals surface area contributed by atoms with Crippen molar-refractivity contribution in [2.24, 2.45) is 0 Å². The molecule has 0 spiro atoms. The molecule has 2 aromatic rings. The van der Waals surface area contributed by atoms with Gasteiger partial charge in [-0.15, -0.1) is 0 Å². The zero-order valence-electron chi connectivity index (χ0n) is 15.1. The Morgan fingerprint density at radius 3 is 2.64 bits per heavy atom. The molecular formula is C20H20N2O6. The Bertz CT molecular complexity index is 914. The molecule has 0 saturated heterocycles. The number of ether oxygens (including phenoxy) is 3. The van der Waals surface area contributed by atoms with E-state index >= 15 is 0 Å². The first-order chi connectivity index (χ1) is 13.6. The first kappa shape index (κ1) is 18.1. The number of aliphatic hydroxyl groups excluding tert-OH is 1. The van der Waals surface area contributed by atoms with Crippen molar-refractivity contribution in [3.8, 4) is 17.2 Å². The Kier molecular flexibility index (Phi) is 5.03. The third kappa shape index (κ3) is 3.86. The largest absolute Gasteiger partial charge is 0.493 e. The van der Waals surface area contributed by atoms with Crippen LogP contribution in [0.3, 0.4) is 0 Å². The van der Waals surface area contributed by atoms with Crippen LogP contribution >= 0.6 is 0 Å². The summed E-state index contributed by atoms with van der Waals surface area (Å²) in [7, 11) is 0. The topological polar surface area (TPSA) is 106 Å². The smallest absolute Gasteiger partial charge is 0.309 e. The van der Waals surface area contributed by atoms with Gasteiger partial charge in [0.05, 0.1) is 12.7 Å². The van der Waals surface area contributed by atoms with Crippen molar-refractivity contribution in [1.82, 2.24) is 10.6 Å². The molecule has 146 valence electrons. The van der Waals surface area contributed by atoms with Crippen molar-refractivity contribution in [2.75, 3.05) is 19.9 Å². The number of carbonyl (C=O) groups excluding carboxylic acids is 2. The van der Waals surface area contributed by atoms with E-state index in [4.69, 9.17) is 14.2 Å². The molecule has 28 heavy (non-hydrogen) atoms. The normalized spacial score (nSPS) is 14.8. The number of fused-ring (bicyclic) bond motifs is 2. The molecule has 0 aliphatic carbocycles. The first-order valence-corrected chi connectivity index (χ1v) is 8.98. The Balaban J connectivity index is 1.25. The predicted octanol–water partition coefficient (Wildman–Crippen LogP) is 0.816. The van der Waals surface area contributed by atoms with Crippen LogP contribution in [0.2, 0.25) is 0 Å². The molecule has 2 aliphatic rings. The third-order valence-electron chi connectivity index (χ3n) is 4.65. The van der Waals surface area contributed by atoms with Crippen LogP contribution < -0.4 is 24.8 Å². The monoisotopic (exact) mass is 384 g/mol. The lowest BCUT2D eigenvalue weighted by Gasteiger charge is -2.13. The van der Waals surface area contributed by atoms with E-state index in [0.717, 1.165) is 23.3 Å². The molecule has 8 nitrogen and oxygen atoms in total. The summed E-state index contributed by atoms with van der Waals surface area (Å²) >= 11 is 0. The highest BCUT2D eigenvalue weighted by molar-refractivity contribution is 6.35. The van der Waals surface area contributed by atoms with Crippen molar-refractivity contribution < 1.29 is 28.9 Å². The molecule has 0 fully saturated rings. The lowest BCUT2D eigenvalue weighted by Crippen LogP contribution is -2.41. The van der Waals surface area contributed by atoms with Crippen molar-refractivity contribution in [3.63, 3.8) is 0 Å².